The monoisotopic (exact) mass is 281 g/mol. The standard InChI is InChI=1S/C12H22F3N3O/c1-4-17(5-2)9-6-7-18(8-9)10(19)11(3,16)12(13,14)15/h9H,4-8,16H2,1-3H3. The molecule has 1 aliphatic rings. The zero-order valence-corrected chi connectivity index (χ0v) is 11.6. The lowest BCUT2D eigenvalue weighted by atomic mass is 10.0. The van der Waals surface area contributed by atoms with Crippen molar-refractivity contribution < 1.29 is 18.0 Å². The fraction of sp³-hybridized carbons (Fsp3) is 0.917. The van der Waals surface area contributed by atoms with Gasteiger partial charge in [0.25, 0.3) is 5.91 Å². The Hall–Kier alpha value is -0.820. The molecule has 1 amide bonds. The van der Waals surface area contributed by atoms with E-state index < -0.39 is 17.6 Å². The summed E-state index contributed by atoms with van der Waals surface area (Å²) in [5.74, 6) is -1.03. The highest BCUT2D eigenvalue weighted by atomic mass is 19.4. The van der Waals surface area contributed by atoms with E-state index in [9.17, 15) is 18.0 Å². The second-order valence-corrected chi connectivity index (χ2v) is 5.11. The van der Waals surface area contributed by atoms with E-state index in [2.05, 4.69) is 4.90 Å². The van der Waals surface area contributed by atoms with E-state index in [0.717, 1.165) is 20.0 Å². The summed E-state index contributed by atoms with van der Waals surface area (Å²) in [6.45, 7) is 7.03. The third-order valence-electron chi connectivity index (χ3n) is 3.81. The Labute approximate surface area is 111 Å². The third kappa shape index (κ3) is 3.20. The molecule has 0 bridgehead atoms. The summed E-state index contributed by atoms with van der Waals surface area (Å²) in [5.41, 5.74) is 2.37. The Bertz CT molecular complexity index is 327. The number of amides is 1. The molecule has 1 fully saturated rings. The van der Waals surface area contributed by atoms with E-state index in [1.54, 1.807) is 0 Å². The molecule has 0 saturated carbocycles. The van der Waals surface area contributed by atoms with Crippen molar-refractivity contribution in [3.63, 3.8) is 0 Å². The number of nitrogens with zero attached hydrogens (tertiary/aromatic N) is 2. The number of hydrogen-bond acceptors (Lipinski definition) is 3. The van der Waals surface area contributed by atoms with Gasteiger partial charge in [-0.2, -0.15) is 13.2 Å². The predicted molar refractivity (Wildman–Crippen MR) is 66.6 cm³/mol. The van der Waals surface area contributed by atoms with Crippen LogP contribution in [0.1, 0.15) is 27.2 Å². The highest BCUT2D eigenvalue weighted by Gasteiger charge is 2.56. The van der Waals surface area contributed by atoms with Crippen molar-refractivity contribution in [2.45, 2.75) is 44.9 Å². The molecular weight excluding hydrogens is 259 g/mol. The number of carbonyl (C=O) groups excluding carboxylic acids is 1. The Morgan fingerprint density at radius 2 is 1.89 bits per heavy atom. The van der Waals surface area contributed by atoms with Crippen LogP contribution in [0.4, 0.5) is 13.2 Å². The number of rotatable bonds is 4. The maximum atomic E-state index is 12.7. The number of nitrogens with two attached hydrogens (primary N) is 1. The van der Waals surface area contributed by atoms with Crippen LogP contribution in [0, 0.1) is 0 Å². The van der Waals surface area contributed by atoms with Crippen LogP contribution in [0.5, 0.6) is 0 Å². The first-order valence-corrected chi connectivity index (χ1v) is 6.54. The van der Waals surface area contributed by atoms with E-state index in [-0.39, 0.29) is 6.04 Å². The van der Waals surface area contributed by atoms with Crippen LogP contribution >= 0.6 is 0 Å². The van der Waals surface area contributed by atoms with Crippen LogP contribution < -0.4 is 5.73 Å². The summed E-state index contributed by atoms with van der Waals surface area (Å²) >= 11 is 0. The first-order valence-electron chi connectivity index (χ1n) is 6.54. The molecule has 0 aromatic rings. The average molecular weight is 281 g/mol. The molecule has 7 heteroatoms. The number of alkyl halides is 3. The van der Waals surface area contributed by atoms with Crippen LogP contribution in [0.2, 0.25) is 0 Å². The van der Waals surface area contributed by atoms with Crippen molar-refractivity contribution in [3.05, 3.63) is 0 Å². The summed E-state index contributed by atoms with van der Waals surface area (Å²) < 4.78 is 38.2. The minimum absolute atomic E-state index is 0.128. The zero-order valence-electron chi connectivity index (χ0n) is 11.6. The fourth-order valence-electron chi connectivity index (χ4n) is 2.41. The fourth-order valence-corrected chi connectivity index (χ4v) is 2.41. The maximum Gasteiger partial charge on any atom is 0.415 e. The van der Waals surface area contributed by atoms with Gasteiger partial charge in [0.1, 0.15) is 0 Å². The number of hydrogen-bond donors (Lipinski definition) is 1. The number of halogens is 3. The average Bonchev–Trinajstić information content (AvgIpc) is 2.77. The molecule has 112 valence electrons. The smallest absolute Gasteiger partial charge is 0.339 e. The molecule has 0 aromatic carbocycles. The Morgan fingerprint density at radius 3 is 2.32 bits per heavy atom. The van der Waals surface area contributed by atoms with Gasteiger partial charge in [-0.1, -0.05) is 13.8 Å². The summed E-state index contributed by atoms with van der Waals surface area (Å²) in [6, 6.07) is 0.128. The lowest BCUT2D eigenvalue weighted by Crippen LogP contribution is -2.62. The minimum atomic E-state index is -4.72. The molecule has 2 atom stereocenters. The molecule has 0 aliphatic carbocycles. The highest BCUT2D eigenvalue weighted by molar-refractivity contribution is 5.87. The van der Waals surface area contributed by atoms with Crippen molar-refractivity contribution >= 4 is 5.91 Å². The predicted octanol–water partition coefficient (Wildman–Crippen LogP) is 1.21. The molecule has 1 heterocycles. The first kappa shape index (κ1) is 16.2. The number of likely N-dealkylation sites (N-methyl/N-ethyl adjacent to an activating group) is 1. The molecule has 1 saturated heterocycles. The second-order valence-electron chi connectivity index (χ2n) is 5.11. The number of carbonyl (C=O) groups is 1. The topological polar surface area (TPSA) is 49.6 Å². The third-order valence-corrected chi connectivity index (χ3v) is 3.81. The van der Waals surface area contributed by atoms with Crippen LogP contribution in [0.15, 0.2) is 0 Å². The van der Waals surface area contributed by atoms with E-state index in [1.807, 2.05) is 13.8 Å². The van der Waals surface area contributed by atoms with Gasteiger partial charge in [0, 0.05) is 19.1 Å². The second kappa shape index (κ2) is 5.66. The lowest BCUT2D eigenvalue weighted by molar-refractivity contribution is -0.193. The molecule has 0 spiro atoms. The summed E-state index contributed by atoms with van der Waals surface area (Å²) in [7, 11) is 0. The molecular formula is C12H22F3N3O. The van der Waals surface area contributed by atoms with E-state index in [4.69, 9.17) is 5.73 Å². The van der Waals surface area contributed by atoms with E-state index in [0.29, 0.717) is 19.5 Å². The van der Waals surface area contributed by atoms with Gasteiger partial charge in [-0.3, -0.25) is 9.69 Å². The highest BCUT2D eigenvalue weighted by Crippen LogP contribution is 2.31. The van der Waals surface area contributed by atoms with Crippen molar-refractivity contribution in [2.75, 3.05) is 26.2 Å². The maximum absolute atomic E-state index is 12.7. The minimum Gasteiger partial charge on any atom is -0.339 e. The molecule has 0 aromatic heterocycles. The molecule has 4 nitrogen and oxygen atoms in total. The van der Waals surface area contributed by atoms with Crippen molar-refractivity contribution in [1.82, 2.24) is 9.80 Å². The van der Waals surface area contributed by atoms with Gasteiger partial charge < -0.3 is 10.6 Å². The number of likely N-dealkylation sites (tertiary alicyclic amines) is 1. The lowest BCUT2D eigenvalue weighted by Gasteiger charge is -2.31. The van der Waals surface area contributed by atoms with Gasteiger partial charge in [-0.25, -0.2) is 0 Å². The van der Waals surface area contributed by atoms with Crippen LogP contribution in [0.3, 0.4) is 0 Å². The van der Waals surface area contributed by atoms with Crippen LogP contribution in [0.25, 0.3) is 0 Å². The van der Waals surface area contributed by atoms with Gasteiger partial charge in [0.2, 0.25) is 0 Å². The summed E-state index contributed by atoms with van der Waals surface area (Å²) in [6.07, 6.45) is -4.03. The summed E-state index contributed by atoms with van der Waals surface area (Å²) in [5, 5.41) is 0. The van der Waals surface area contributed by atoms with Gasteiger partial charge >= 0.3 is 6.18 Å². The zero-order chi connectivity index (χ0) is 14.8. The van der Waals surface area contributed by atoms with E-state index in [1.165, 1.54) is 4.90 Å². The van der Waals surface area contributed by atoms with Gasteiger partial charge in [0.15, 0.2) is 5.54 Å². The molecule has 1 aliphatic heterocycles. The normalized spacial score (nSPS) is 23.8. The first-order chi connectivity index (χ1) is 8.65. The van der Waals surface area contributed by atoms with Gasteiger partial charge in [0.05, 0.1) is 0 Å². The van der Waals surface area contributed by atoms with Crippen LogP contribution in [-0.4, -0.2) is 59.6 Å². The Morgan fingerprint density at radius 1 is 1.37 bits per heavy atom. The molecule has 1 rings (SSSR count). The SMILES string of the molecule is CCN(CC)C1CCN(C(=O)C(C)(N)C(F)(F)F)C1. The summed E-state index contributed by atoms with van der Waals surface area (Å²) in [4.78, 5) is 15.3. The van der Waals surface area contributed by atoms with E-state index >= 15 is 0 Å². The van der Waals surface area contributed by atoms with Crippen molar-refractivity contribution in [3.8, 4) is 0 Å². The Kier molecular flexibility index (Phi) is 4.84. The quantitative estimate of drug-likeness (QED) is 0.842. The van der Waals surface area contributed by atoms with Gasteiger partial charge in [-0.05, 0) is 26.4 Å². The molecule has 19 heavy (non-hydrogen) atoms. The molecule has 2 N–H and O–H groups in total. The van der Waals surface area contributed by atoms with Crippen molar-refractivity contribution in [1.29, 1.82) is 0 Å². The molecule has 2 unspecified atom stereocenters. The largest absolute Gasteiger partial charge is 0.415 e. The van der Waals surface area contributed by atoms with Crippen LogP contribution in [-0.2, 0) is 4.79 Å². The van der Waals surface area contributed by atoms with Crippen molar-refractivity contribution in [2.24, 2.45) is 5.73 Å². The Balaban J connectivity index is 2.72. The van der Waals surface area contributed by atoms with Gasteiger partial charge in [-0.15, -0.1) is 0 Å². The molecule has 0 radical (unpaired) electrons.